The molecule has 3 rings (SSSR count). The summed E-state index contributed by atoms with van der Waals surface area (Å²) in [5.74, 6) is -0.139. The minimum atomic E-state index is -0.696. The van der Waals surface area contributed by atoms with Crippen molar-refractivity contribution in [3.8, 4) is 0 Å². The number of hydrogen-bond acceptors (Lipinski definition) is 4. The fourth-order valence-corrected chi connectivity index (χ4v) is 3.75. The van der Waals surface area contributed by atoms with E-state index in [-0.39, 0.29) is 30.7 Å². The first-order valence-corrected chi connectivity index (χ1v) is 9.27. The first-order valence-electron chi connectivity index (χ1n) is 8.89. The smallest absolute Gasteiger partial charge is 0.329 e. The predicted molar refractivity (Wildman–Crippen MR) is 98.8 cm³/mol. The summed E-state index contributed by atoms with van der Waals surface area (Å²) >= 11 is 5.84. The van der Waals surface area contributed by atoms with Crippen molar-refractivity contribution in [1.82, 2.24) is 10.6 Å². The van der Waals surface area contributed by atoms with Crippen LogP contribution in [0.4, 0.5) is 10.5 Å². The number of halogens is 1. The number of carbonyl (C=O) groups excluding carboxylic acids is 3. The van der Waals surface area contributed by atoms with Crippen molar-refractivity contribution >= 4 is 35.1 Å². The third-order valence-electron chi connectivity index (χ3n) is 5.07. The maximum atomic E-state index is 12.5. The molecule has 1 aromatic carbocycles. The van der Waals surface area contributed by atoms with Gasteiger partial charge in [0, 0.05) is 17.5 Å². The first kappa shape index (κ1) is 18.7. The Hall–Kier alpha value is -2.12. The molecule has 0 spiro atoms. The molecule has 2 aliphatic rings. The van der Waals surface area contributed by atoms with Crippen LogP contribution in [0.15, 0.2) is 24.3 Å². The van der Waals surface area contributed by atoms with E-state index >= 15 is 0 Å². The highest BCUT2D eigenvalue weighted by Gasteiger charge is 2.39. The number of imide groups is 1. The lowest BCUT2D eigenvalue weighted by Crippen LogP contribution is -2.40. The van der Waals surface area contributed by atoms with E-state index in [4.69, 9.17) is 17.3 Å². The zero-order valence-electron chi connectivity index (χ0n) is 14.4. The van der Waals surface area contributed by atoms with Crippen molar-refractivity contribution in [2.45, 2.75) is 44.2 Å². The van der Waals surface area contributed by atoms with Crippen molar-refractivity contribution in [1.29, 1.82) is 0 Å². The Kier molecular flexibility index (Phi) is 5.78. The van der Waals surface area contributed by atoms with Crippen LogP contribution in [-0.4, -0.2) is 36.5 Å². The van der Waals surface area contributed by atoms with E-state index in [1.54, 1.807) is 24.3 Å². The molecule has 1 heterocycles. The van der Waals surface area contributed by atoms with Gasteiger partial charge in [0.2, 0.25) is 5.91 Å². The summed E-state index contributed by atoms with van der Waals surface area (Å²) in [4.78, 5) is 37.9. The molecule has 1 saturated heterocycles. The van der Waals surface area contributed by atoms with Crippen molar-refractivity contribution in [3.63, 3.8) is 0 Å². The van der Waals surface area contributed by atoms with Crippen LogP contribution >= 0.6 is 11.6 Å². The van der Waals surface area contributed by atoms with Gasteiger partial charge >= 0.3 is 6.03 Å². The van der Waals surface area contributed by atoms with Crippen molar-refractivity contribution in [2.75, 3.05) is 11.4 Å². The number of hydrogen-bond donors (Lipinski definition) is 3. The molecule has 7 nitrogen and oxygen atoms in total. The van der Waals surface area contributed by atoms with Crippen LogP contribution in [0.3, 0.4) is 0 Å². The lowest BCUT2D eigenvalue weighted by Gasteiger charge is -2.19. The molecule has 8 heteroatoms. The minimum Gasteiger partial charge on any atom is -0.353 e. The van der Waals surface area contributed by atoms with Gasteiger partial charge in [-0.2, -0.15) is 0 Å². The van der Waals surface area contributed by atoms with Crippen LogP contribution in [0.1, 0.15) is 32.1 Å². The fourth-order valence-electron chi connectivity index (χ4n) is 3.62. The molecule has 0 aromatic heterocycles. The SMILES string of the molecule is NCC1CCCC1NC(=O)CCC1NC(=O)N(c2ccc(Cl)cc2)C1=O. The summed E-state index contributed by atoms with van der Waals surface area (Å²) in [6, 6.07) is 5.40. The zero-order valence-corrected chi connectivity index (χ0v) is 15.2. The number of carbonyl (C=O) groups is 3. The second-order valence-electron chi connectivity index (χ2n) is 6.79. The molecular formula is C18H23ClN4O3. The van der Waals surface area contributed by atoms with Gasteiger partial charge in [-0.25, -0.2) is 9.69 Å². The fraction of sp³-hybridized carbons (Fsp3) is 0.500. The predicted octanol–water partition coefficient (Wildman–Crippen LogP) is 1.79. The Bertz CT molecular complexity index is 694. The van der Waals surface area contributed by atoms with Crippen LogP contribution < -0.4 is 21.3 Å². The lowest BCUT2D eigenvalue weighted by molar-refractivity contribution is -0.122. The number of amides is 4. The Morgan fingerprint density at radius 3 is 2.69 bits per heavy atom. The van der Waals surface area contributed by atoms with E-state index in [9.17, 15) is 14.4 Å². The standard InChI is InChI=1S/C18H23ClN4O3/c19-12-4-6-13(7-5-12)23-17(25)15(22-18(23)26)8-9-16(24)21-14-3-1-2-11(14)10-20/h4-7,11,14-15H,1-3,8-10,20H2,(H,21,24)(H,22,26). The summed E-state index contributed by atoms with van der Waals surface area (Å²) in [6.07, 6.45) is 3.49. The van der Waals surface area contributed by atoms with E-state index < -0.39 is 12.1 Å². The molecule has 26 heavy (non-hydrogen) atoms. The van der Waals surface area contributed by atoms with Gasteiger partial charge < -0.3 is 16.4 Å². The van der Waals surface area contributed by atoms with Crippen LogP contribution in [-0.2, 0) is 9.59 Å². The summed E-state index contributed by atoms with van der Waals surface area (Å²) in [5, 5.41) is 6.17. The van der Waals surface area contributed by atoms with Gasteiger partial charge in [0.1, 0.15) is 6.04 Å². The van der Waals surface area contributed by atoms with Crippen LogP contribution in [0, 0.1) is 5.92 Å². The third kappa shape index (κ3) is 3.99. The van der Waals surface area contributed by atoms with E-state index in [2.05, 4.69) is 10.6 Å². The first-order chi connectivity index (χ1) is 12.5. The molecule has 1 aliphatic heterocycles. The molecule has 140 valence electrons. The Balaban J connectivity index is 1.54. The van der Waals surface area contributed by atoms with Gasteiger partial charge in [-0.3, -0.25) is 9.59 Å². The lowest BCUT2D eigenvalue weighted by atomic mass is 10.0. The maximum absolute atomic E-state index is 12.5. The highest BCUT2D eigenvalue weighted by Crippen LogP contribution is 2.25. The Morgan fingerprint density at radius 1 is 1.27 bits per heavy atom. The molecule has 1 aliphatic carbocycles. The van der Waals surface area contributed by atoms with E-state index in [1.807, 2.05) is 0 Å². The molecular weight excluding hydrogens is 356 g/mol. The molecule has 1 saturated carbocycles. The number of anilines is 1. The third-order valence-corrected chi connectivity index (χ3v) is 5.32. The maximum Gasteiger partial charge on any atom is 0.329 e. The quantitative estimate of drug-likeness (QED) is 0.656. The second kappa shape index (κ2) is 8.05. The number of benzene rings is 1. The van der Waals surface area contributed by atoms with Crippen LogP contribution in [0.25, 0.3) is 0 Å². The Morgan fingerprint density at radius 2 is 2.00 bits per heavy atom. The number of nitrogens with two attached hydrogens (primary N) is 1. The zero-order chi connectivity index (χ0) is 18.7. The Labute approximate surface area is 157 Å². The van der Waals surface area contributed by atoms with Gasteiger partial charge in [-0.1, -0.05) is 18.0 Å². The van der Waals surface area contributed by atoms with Gasteiger partial charge in [-0.05, 0) is 56.0 Å². The normalized spacial score (nSPS) is 25.5. The highest BCUT2D eigenvalue weighted by molar-refractivity contribution is 6.30. The summed E-state index contributed by atoms with van der Waals surface area (Å²) in [5.41, 5.74) is 6.19. The average molecular weight is 379 g/mol. The van der Waals surface area contributed by atoms with Crippen molar-refractivity contribution in [3.05, 3.63) is 29.3 Å². The molecule has 0 bridgehead atoms. The van der Waals surface area contributed by atoms with Gasteiger partial charge in [0.15, 0.2) is 0 Å². The van der Waals surface area contributed by atoms with Gasteiger partial charge in [0.25, 0.3) is 5.91 Å². The van der Waals surface area contributed by atoms with Crippen LogP contribution in [0.5, 0.6) is 0 Å². The monoisotopic (exact) mass is 378 g/mol. The minimum absolute atomic E-state index is 0.109. The number of rotatable bonds is 6. The van der Waals surface area contributed by atoms with Gasteiger partial charge in [0.05, 0.1) is 5.69 Å². The van der Waals surface area contributed by atoms with E-state index in [0.717, 1.165) is 24.2 Å². The molecule has 3 unspecified atom stereocenters. The highest BCUT2D eigenvalue weighted by atomic mass is 35.5. The molecule has 0 radical (unpaired) electrons. The number of nitrogens with one attached hydrogen (secondary N) is 2. The molecule has 3 atom stereocenters. The summed E-state index contributed by atoms with van der Waals surface area (Å²) < 4.78 is 0. The van der Waals surface area contributed by atoms with Crippen molar-refractivity contribution < 1.29 is 14.4 Å². The topological polar surface area (TPSA) is 105 Å². The van der Waals surface area contributed by atoms with Crippen molar-refractivity contribution in [2.24, 2.45) is 11.7 Å². The summed E-state index contributed by atoms with van der Waals surface area (Å²) in [7, 11) is 0. The molecule has 2 fully saturated rings. The second-order valence-corrected chi connectivity index (χ2v) is 7.23. The van der Waals surface area contributed by atoms with Gasteiger partial charge in [-0.15, -0.1) is 0 Å². The molecule has 4 amide bonds. The van der Waals surface area contributed by atoms with E-state index in [0.29, 0.717) is 23.2 Å². The van der Waals surface area contributed by atoms with Crippen LogP contribution in [0.2, 0.25) is 5.02 Å². The largest absolute Gasteiger partial charge is 0.353 e. The molecule has 4 N–H and O–H groups in total. The average Bonchev–Trinajstić information content (AvgIpc) is 3.18. The number of nitrogens with zero attached hydrogens (tertiary/aromatic N) is 1. The van der Waals surface area contributed by atoms with E-state index in [1.165, 1.54) is 0 Å². The number of urea groups is 1. The summed E-state index contributed by atoms with van der Waals surface area (Å²) in [6.45, 7) is 0.568. The molecule has 1 aromatic rings.